The molecule has 0 radical (unpaired) electrons. The Morgan fingerprint density at radius 3 is 2.56 bits per heavy atom. The minimum Gasteiger partial charge on any atom is -0.503 e. The smallest absolute Gasteiger partial charge is 0.294 e. The molecule has 6 heteroatoms. The summed E-state index contributed by atoms with van der Waals surface area (Å²) in [6, 6.07) is 11.4. The first kappa shape index (κ1) is 16.7. The zero-order chi connectivity index (χ0) is 18.1. The van der Waals surface area contributed by atoms with E-state index in [4.69, 9.17) is 4.74 Å². The molecule has 0 bridgehead atoms. The highest BCUT2D eigenvalue weighted by Crippen LogP contribution is 2.42. The van der Waals surface area contributed by atoms with Gasteiger partial charge in [-0.3, -0.25) is 14.5 Å². The van der Waals surface area contributed by atoms with E-state index >= 15 is 0 Å². The number of Topliss-reactive ketones (excluding diaryl/α,β-unsaturated/α-hetero) is 1. The van der Waals surface area contributed by atoms with Gasteiger partial charge in [0.05, 0.1) is 18.7 Å². The zero-order valence-electron chi connectivity index (χ0n) is 13.7. The number of halogens is 1. The molecule has 2 aromatic carbocycles. The van der Waals surface area contributed by atoms with Gasteiger partial charge >= 0.3 is 0 Å². The third-order valence-corrected chi connectivity index (χ3v) is 4.12. The third kappa shape index (κ3) is 2.76. The van der Waals surface area contributed by atoms with E-state index in [1.807, 2.05) is 0 Å². The molecule has 5 nitrogen and oxygen atoms in total. The molecule has 0 fully saturated rings. The Labute approximate surface area is 144 Å². The second-order valence-corrected chi connectivity index (χ2v) is 5.62. The first-order valence-electron chi connectivity index (χ1n) is 7.61. The summed E-state index contributed by atoms with van der Waals surface area (Å²) < 4.78 is 19.5. The maximum atomic E-state index is 14.4. The normalized spacial score (nSPS) is 17.2. The lowest BCUT2D eigenvalue weighted by atomic mass is 9.96. The van der Waals surface area contributed by atoms with Gasteiger partial charge in [-0.25, -0.2) is 4.39 Å². The second-order valence-electron chi connectivity index (χ2n) is 5.62. The van der Waals surface area contributed by atoms with E-state index in [1.54, 1.807) is 30.3 Å². The van der Waals surface area contributed by atoms with Crippen LogP contribution in [0.5, 0.6) is 5.75 Å². The number of ketones is 1. The highest BCUT2D eigenvalue weighted by atomic mass is 19.1. The molecule has 0 aromatic heterocycles. The minimum atomic E-state index is -1.04. The molecule has 0 aliphatic carbocycles. The quantitative estimate of drug-likeness (QED) is 0.926. The van der Waals surface area contributed by atoms with Crippen LogP contribution in [0.3, 0.4) is 0 Å². The van der Waals surface area contributed by atoms with Crippen LogP contribution in [0.1, 0.15) is 18.5 Å². The van der Waals surface area contributed by atoms with Crippen molar-refractivity contribution in [3.63, 3.8) is 0 Å². The molecule has 0 saturated carbocycles. The summed E-state index contributed by atoms with van der Waals surface area (Å²) in [7, 11) is 1.48. The SMILES string of the molecule is COc1cccc(N2C(=O)C(O)=C(C(C)=O)[C@@H]2c2ccccc2F)c1. The summed E-state index contributed by atoms with van der Waals surface area (Å²) in [5.74, 6) is -1.99. The largest absolute Gasteiger partial charge is 0.503 e. The molecule has 1 heterocycles. The Bertz CT molecular complexity index is 890. The van der Waals surface area contributed by atoms with Crippen LogP contribution in [0.25, 0.3) is 0 Å². The molecule has 1 N–H and O–H groups in total. The van der Waals surface area contributed by atoms with Crippen molar-refractivity contribution in [2.24, 2.45) is 0 Å². The molecular formula is C19H16FNO4. The van der Waals surface area contributed by atoms with Gasteiger partial charge in [-0.15, -0.1) is 0 Å². The topological polar surface area (TPSA) is 66.8 Å². The zero-order valence-corrected chi connectivity index (χ0v) is 13.7. The summed E-state index contributed by atoms with van der Waals surface area (Å²) >= 11 is 0. The van der Waals surface area contributed by atoms with Crippen molar-refractivity contribution in [2.45, 2.75) is 13.0 Å². The molecule has 0 unspecified atom stereocenters. The van der Waals surface area contributed by atoms with Crippen molar-refractivity contribution in [2.75, 3.05) is 12.0 Å². The number of hydrogen-bond donors (Lipinski definition) is 1. The predicted molar refractivity (Wildman–Crippen MR) is 90.0 cm³/mol. The van der Waals surface area contributed by atoms with Crippen LogP contribution < -0.4 is 9.64 Å². The lowest BCUT2D eigenvalue weighted by Crippen LogP contribution is -2.31. The van der Waals surface area contributed by atoms with Crippen molar-refractivity contribution in [3.05, 3.63) is 71.2 Å². The van der Waals surface area contributed by atoms with E-state index in [1.165, 1.54) is 37.1 Å². The van der Waals surface area contributed by atoms with Crippen molar-refractivity contribution in [3.8, 4) is 5.75 Å². The Hall–Kier alpha value is -3.15. The van der Waals surface area contributed by atoms with Crippen LogP contribution in [-0.2, 0) is 9.59 Å². The second kappa shape index (κ2) is 6.39. The summed E-state index contributed by atoms with van der Waals surface area (Å²) in [5, 5.41) is 10.2. The van der Waals surface area contributed by atoms with Gasteiger partial charge in [0.1, 0.15) is 11.6 Å². The highest BCUT2D eigenvalue weighted by molar-refractivity contribution is 6.16. The minimum absolute atomic E-state index is 0.127. The first-order chi connectivity index (χ1) is 12.0. The lowest BCUT2D eigenvalue weighted by molar-refractivity contribution is -0.117. The van der Waals surface area contributed by atoms with Crippen molar-refractivity contribution < 1.29 is 23.8 Å². The fraction of sp³-hybridized carbons (Fsp3) is 0.158. The molecule has 1 amide bonds. The first-order valence-corrected chi connectivity index (χ1v) is 7.61. The number of ether oxygens (including phenoxy) is 1. The number of aliphatic hydroxyl groups is 1. The van der Waals surface area contributed by atoms with E-state index < -0.39 is 29.3 Å². The number of anilines is 1. The molecule has 1 aliphatic rings. The average Bonchev–Trinajstić information content (AvgIpc) is 2.87. The van der Waals surface area contributed by atoms with Crippen LogP contribution >= 0.6 is 0 Å². The van der Waals surface area contributed by atoms with Crippen LogP contribution in [-0.4, -0.2) is 23.9 Å². The van der Waals surface area contributed by atoms with E-state index in [0.29, 0.717) is 11.4 Å². The molecule has 0 saturated heterocycles. The maximum absolute atomic E-state index is 14.4. The summed E-state index contributed by atoms with van der Waals surface area (Å²) in [5.41, 5.74) is 0.395. The van der Waals surface area contributed by atoms with Crippen molar-refractivity contribution in [1.29, 1.82) is 0 Å². The Kier molecular flexibility index (Phi) is 4.27. The Balaban J connectivity index is 2.21. The van der Waals surface area contributed by atoms with E-state index in [2.05, 4.69) is 0 Å². The van der Waals surface area contributed by atoms with Gasteiger partial charge in [0, 0.05) is 17.3 Å². The number of carbonyl (C=O) groups is 2. The van der Waals surface area contributed by atoms with E-state index in [0.717, 1.165) is 0 Å². The van der Waals surface area contributed by atoms with Crippen molar-refractivity contribution >= 4 is 17.4 Å². The molecule has 1 atom stereocenters. The molecular weight excluding hydrogens is 325 g/mol. The van der Waals surface area contributed by atoms with Gasteiger partial charge in [-0.1, -0.05) is 24.3 Å². The third-order valence-electron chi connectivity index (χ3n) is 4.12. The Morgan fingerprint density at radius 2 is 1.92 bits per heavy atom. The number of amides is 1. The van der Waals surface area contributed by atoms with Crippen LogP contribution in [0, 0.1) is 5.82 Å². The van der Waals surface area contributed by atoms with E-state index in [9.17, 15) is 19.1 Å². The number of nitrogens with zero attached hydrogens (tertiary/aromatic N) is 1. The number of hydrogen-bond acceptors (Lipinski definition) is 4. The molecule has 3 rings (SSSR count). The molecule has 0 spiro atoms. The summed E-state index contributed by atoms with van der Waals surface area (Å²) in [4.78, 5) is 25.9. The fourth-order valence-corrected chi connectivity index (χ4v) is 2.98. The fourth-order valence-electron chi connectivity index (χ4n) is 2.98. The lowest BCUT2D eigenvalue weighted by Gasteiger charge is -2.27. The molecule has 2 aromatic rings. The maximum Gasteiger partial charge on any atom is 0.294 e. The number of aliphatic hydroxyl groups excluding tert-OH is 1. The van der Waals surface area contributed by atoms with Crippen LogP contribution in [0.2, 0.25) is 0 Å². The van der Waals surface area contributed by atoms with E-state index in [-0.39, 0.29) is 11.1 Å². The average molecular weight is 341 g/mol. The van der Waals surface area contributed by atoms with Gasteiger partial charge in [-0.05, 0) is 25.1 Å². The van der Waals surface area contributed by atoms with Crippen LogP contribution in [0.4, 0.5) is 10.1 Å². The van der Waals surface area contributed by atoms with Crippen LogP contribution in [0.15, 0.2) is 59.9 Å². The standard InChI is InChI=1S/C19H16FNO4/c1-11(22)16-17(14-8-3-4-9-15(14)20)21(19(24)18(16)23)12-6-5-7-13(10-12)25-2/h3-10,17,23H,1-2H3/t17-/m0/s1. The monoisotopic (exact) mass is 341 g/mol. The van der Waals surface area contributed by atoms with Gasteiger partial charge in [-0.2, -0.15) is 0 Å². The van der Waals surface area contributed by atoms with Gasteiger partial charge in [0.2, 0.25) is 0 Å². The van der Waals surface area contributed by atoms with Gasteiger partial charge in [0.15, 0.2) is 11.5 Å². The number of benzene rings is 2. The highest BCUT2D eigenvalue weighted by Gasteiger charge is 2.44. The van der Waals surface area contributed by atoms with Crippen molar-refractivity contribution in [1.82, 2.24) is 0 Å². The Morgan fingerprint density at radius 1 is 1.20 bits per heavy atom. The molecule has 1 aliphatic heterocycles. The molecule has 128 valence electrons. The summed E-state index contributed by atoms with van der Waals surface area (Å²) in [6.07, 6.45) is 0. The predicted octanol–water partition coefficient (Wildman–Crippen LogP) is 3.32. The van der Waals surface area contributed by atoms with Gasteiger partial charge in [0.25, 0.3) is 5.91 Å². The number of methoxy groups -OCH3 is 1. The number of rotatable bonds is 4. The van der Waals surface area contributed by atoms with Gasteiger partial charge < -0.3 is 9.84 Å². The number of carbonyl (C=O) groups excluding carboxylic acids is 2. The summed E-state index contributed by atoms with van der Waals surface area (Å²) in [6.45, 7) is 1.24. The molecule has 25 heavy (non-hydrogen) atoms.